The summed E-state index contributed by atoms with van der Waals surface area (Å²) in [5, 5.41) is 3.56. The minimum absolute atomic E-state index is 0.0596. The number of nitrogens with one attached hydrogen (secondary N) is 2. The Bertz CT molecular complexity index is 553. The molecule has 0 bridgehead atoms. The highest BCUT2D eigenvalue weighted by molar-refractivity contribution is 7.57. The van der Waals surface area contributed by atoms with Gasteiger partial charge in [-0.1, -0.05) is 0 Å². The fourth-order valence-corrected chi connectivity index (χ4v) is 2.92. The van der Waals surface area contributed by atoms with Gasteiger partial charge in [0.2, 0.25) is 0 Å². The van der Waals surface area contributed by atoms with Gasteiger partial charge in [0.05, 0.1) is 13.2 Å². The maximum Gasteiger partial charge on any atom is 0.414 e. The largest absolute Gasteiger partial charge is 0.441 e. The average Bonchev–Trinajstić information content (AvgIpc) is 2.89. The van der Waals surface area contributed by atoms with Gasteiger partial charge in [-0.2, -0.15) is 0 Å². The van der Waals surface area contributed by atoms with E-state index in [2.05, 4.69) is 0 Å². The molecule has 14 nitrogen and oxygen atoms in total. The van der Waals surface area contributed by atoms with E-state index in [1.165, 1.54) is 0 Å². The van der Waals surface area contributed by atoms with E-state index < -0.39 is 51.8 Å². The molecular formula is C8H18N6O8P2. The third kappa shape index (κ3) is 5.40. The molecule has 10 N–H and O–H groups in total. The highest BCUT2D eigenvalue weighted by atomic mass is 31.2. The average molecular weight is 388 g/mol. The molecule has 2 aliphatic rings. The van der Waals surface area contributed by atoms with Crippen LogP contribution in [0.15, 0.2) is 0 Å². The monoisotopic (exact) mass is 388 g/mol. The summed E-state index contributed by atoms with van der Waals surface area (Å²) < 4.78 is 42.8. The summed E-state index contributed by atoms with van der Waals surface area (Å²) in [5.74, 6) is 0. The van der Waals surface area contributed by atoms with Crippen LogP contribution < -0.4 is 32.2 Å². The molecule has 0 spiro atoms. The first-order chi connectivity index (χ1) is 10.9. The van der Waals surface area contributed by atoms with Crippen LogP contribution in [0.4, 0.5) is 9.59 Å². The van der Waals surface area contributed by atoms with Gasteiger partial charge in [0.15, 0.2) is 12.2 Å². The van der Waals surface area contributed by atoms with Crippen molar-refractivity contribution in [1.29, 1.82) is 0 Å². The zero-order chi connectivity index (χ0) is 18.1. The second-order valence-corrected chi connectivity index (χ2v) is 8.41. The Morgan fingerprint density at radius 3 is 1.46 bits per heavy atom. The number of ether oxygens (including phenoxy) is 4. The van der Waals surface area contributed by atoms with Crippen molar-refractivity contribution < 1.29 is 37.7 Å². The van der Waals surface area contributed by atoms with Gasteiger partial charge >= 0.3 is 27.4 Å². The van der Waals surface area contributed by atoms with Crippen LogP contribution in [0, 0.1) is 0 Å². The number of nitrogens with two attached hydrogens (primary N) is 4. The van der Waals surface area contributed by atoms with Gasteiger partial charge in [-0.25, -0.2) is 19.8 Å². The maximum absolute atomic E-state index is 11.5. The number of amides is 2. The summed E-state index contributed by atoms with van der Waals surface area (Å²) >= 11 is 0. The number of fused-ring (bicyclic) bond motifs is 1. The van der Waals surface area contributed by atoms with Gasteiger partial charge in [-0.05, 0) is 0 Å². The van der Waals surface area contributed by atoms with E-state index in [-0.39, 0.29) is 13.2 Å². The fraction of sp³-hybridized carbons (Fsp3) is 0.750. The lowest BCUT2D eigenvalue weighted by Gasteiger charge is -2.18. The minimum Gasteiger partial charge on any atom is -0.441 e. The predicted molar refractivity (Wildman–Crippen MR) is 78.3 cm³/mol. The van der Waals surface area contributed by atoms with Gasteiger partial charge in [0.1, 0.15) is 12.2 Å². The van der Waals surface area contributed by atoms with E-state index >= 15 is 0 Å². The summed E-state index contributed by atoms with van der Waals surface area (Å²) in [4.78, 5) is 23.0. The summed E-state index contributed by atoms with van der Waals surface area (Å²) in [6.07, 6.45) is -5.37. The lowest BCUT2D eigenvalue weighted by atomic mass is 10.1. The second kappa shape index (κ2) is 6.94. The van der Waals surface area contributed by atoms with Crippen molar-refractivity contribution in [2.24, 2.45) is 22.0 Å². The first-order valence-corrected chi connectivity index (χ1v) is 10.2. The number of hydrogen-bond acceptors (Lipinski definition) is 8. The van der Waals surface area contributed by atoms with Crippen molar-refractivity contribution in [3.05, 3.63) is 0 Å². The van der Waals surface area contributed by atoms with E-state index in [1.807, 2.05) is 0 Å². The standard InChI is InChI=1S/C8H18N6O8P2/c9-23(10,17)13-7(15)21-3-1-19-6-4(2-20-5(3)6)22-8(16)14-24(11,12)18/h3-6H,1-2H2,(H5,9,10,13,15,17)(H5,11,12,14,16,18)/t3-,4+,5-,6-/m1/s1. The highest BCUT2D eigenvalue weighted by Crippen LogP contribution is 2.31. The van der Waals surface area contributed by atoms with E-state index in [0.29, 0.717) is 0 Å². The van der Waals surface area contributed by atoms with Crippen LogP contribution in [-0.4, -0.2) is 49.8 Å². The molecule has 2 saturated heterocycles. The lowest BCUT2D eigenvalue weighted by Crippen LogP contribution is -2.40. The van der Waals surface area contributed by atoms with Gasteiger partial charge < -0.3 is 18.9 Å². The maximum atomic E-state index is 11.5. The zero-order valence-corrected chi connectivity index (χ0v) is 14.0. The van der Waals surface area contributed by atoms with Gasteiger partial charge in [0.25, 0.3) is 0 Å². The molecule has 2 aliphatic heterocycles. The summed E-state index contributed by atoms with van der Waals surface area (Å²) in [6.45, 7) is -0.119. The molecule has 2 rings (SSSR count). The van der Waals surface area contributed by atoms with E-state index in [9.17, 15) is 18.7 Å². The van der Waals surface area contributed by atoms with Crippen LogP contribution in [0.3, 0.4) is 0 Å². The van der Waals surface area contributed by atoms with Crippen LogP contribution in [0.5, 0.6) is 0 Å². The predicted octanol–water partition coefficient (Wildman–Crippen LogP) is -1.98. The lowest BCUT2D eigenvalue weighted by molar-refractivity contribution is -0.0100. The van der Waals surface area contributed by atoms with Crippen molar-refractivity contribution in [3.8, 4) is 0 Å². The second-order valence-electron chi connectivity index (χ2n) is 5.13. The Hall–Kier alpha value is -1.24. The Kier molecular flexibility index (Phi) is 5.52. The zero-order valence-electron chi connectivity index (χ0n) is 12.2. The van der Waals surface area contributed by atoms with Crippen LogP contribution in [0.25, 0.3) is 0 Å². The molecule has 2 heterocycles. The molecule has 4 atom stereocenters. The van der Waals surface area contributed by atoms with Crippen LogP contribution in [0.1, 0.15) is 0 Å². The quantitative estimate of drug-likeness (QED) is 0.288. The summed E-state index contributed by atoms with van der Waals surface area (Å²) in [5.41, 5.74) is 20.0. The molecule has 0 aromatic rings. The summed E-state index contributed by atoms with van der Waals surface area (Å²) in [6, 6.07) is 0. The third-order valence-electron chi connectivity index (χ3n) is 3.01. The third-order valence-corrected chi connectivity index (χ3v) is 4.08. The fourth-order valence-electron chi connectivity index (χ4n) is 2.24. The van der Waals surface area contributed by atoms with Crippen molar-refractivity contribution in [2.45, 2.75) is 24.4 Å². The van der Waals surface area contributed by atoms with Crippen LogP contribution in [0.2, 0.25) is 0 Å². The minimum atomic E-state index is -3.79. The molecule has 138 valence electrons. The molecule has 0 aromatic carbocycles. The summed E-state index contributed by atoms with van der Waals surface area (Å²) in [7, 11) is -7.58. The molecular weight excluding hydrogens is 370 g/mol. The molecule has 24 heavy (non-hydrogen) atoms. The topological polar surface area (TPSA) is 233 Å². The van der Waals surface area contributed by atoms with Gasteiger partial charge in [-0.3, -0.25) is 31.1 Å². The molecule has 2 amide bonds. The van der Waals surface area contributed by atoms with E-state index in [4.69, 9.17) is 41.0 Å². The van der Waals surface area contributed by atoms with E-state index in [1.54, 1.807) is 10.2 Å². The Morgan fingerprint density at radius 2 is 1.17 bits per heavy atom. The van der Waals surface area contributed by atoms with Crippen molar-refractivity contribution >= 4 is 27.4 Å². The normalized spacial score (nSPS) is 29.7. The van der Waals surface area contributed by atoms with Crippen molar-refractivity contribution in [3.63, 3.8) is 0 Å². The first kappa shape index (κ1) is 19.1. The molecule has 0 unspecified atom stereocenters. The number of carbonyl (C=O) groups excluding carboxylic acids is 2. The molecule has 0 aliphatic carbocycles. The molecule has 0 aromatic heterocycles. The van der Waals surface area contributed by atoms with Crippen LogP contribution >= 0.6 is 15.2 Å². The van der Waals surface area contributed by atoms with Gasteiger partial charge in [0, 0.05) is 0 Å². The van der Waals surface area contributed by atoms with E-state index in [0.717, 1.165) is 0 Å². The Morgan fingerprint density at radius 1 is 0.833 bits per heavy atom. The molecule has 0 radical (unpaired) electrons. The molecule has 2 fully saturated rings. The van der Waals surface area contributed by atoms with Crippen LogP contribution in [-0.2, 0) is 28.1 Å². The molecule has 16 heteroatoms. The Balaban J connectivity index is 1.87. The van der Waals surface area contributed by atoms with Crippen molar-refractivity contribution in [1.82, 2.24) is 10.2 Å². The highest BCUT2D eigenvalue weighted by Gasteiger charge is 2.51. The smallest absolute Gasteiger partial charge is 0.414 e. The number of carbonyl (C=O) groups is 2. The Labute approximate surface area is 135 Å². The van der Waals surface area contributed by atoms with Gasteiger partial charge in [-0.15, -0.1) is 0 Å². The number of hydrogen-bond donors (Lipinski definition) is 6. The SMILES string of the molecule is NP(N)(=O)NC(=O)O[C@H]1CO[C@H]2[C@@H]1OC[C@H]2OC(=O)NP(N)(N)=O. The first-order valence-electron chi connectivity index (χ1n) is 6.50. The molecule has 0 saturated carbocycles. The van der Waals surface area contributed by atoms with Crippen molar-refractivity contribution in [2.75, 3.05) is 13.2 Å². The number of rotatable bonds is 4.